The molecule has 1 N–H and O–H groups in total. The van der Waals surface area contributed by atoms with Gasteiger partial charge in [0, 0.05) is 24.0 Å². The smallest absolute Gasteiger partial charge is 0.261 e. The van der Waals surface area contributed by atoms with Crippen LogP contribution in [0.15, 0.2) is 72.8 Å². The van der Waals surface area contributed by atoms with Crippen molar-refractivity contribution in [3.05, 3.63) is 99.8 Å². The first-order valence-electron chi connectivity index (χ1n) is 11.2. The molecule has 0 fully saturated rings. The van der Waals surface area contributed by atoms with Crippen molar-refractivity contribution in [1.29, 1.82) is 0 Å². The molecule has 3 aromatic rings. The Balaban J connectivity index is 1.91. The first-order valence-corrected chi connectivity index (χ1v) is 11.9. The van der Waals surface area contributed by atoms with E-state index in [9.17, 15) is 14.0 Å². The highest BCUT2D eigenvalue weighted by Gasteiger charge is 2.31. The van der Waals surface area contributed by atoms with Crippen LogP contribution in [0.5, 0.6) is 5.75 Å². The molecule has 0 aliphatic rings. The molecule has 0 saturated heterocycles. The normalized spacial score (nSPS) is 11.7. The van der Waals surface area contributed by atoms with E-state index < -0.39 is 11.9 Å². The van der Waals surface area contributed by atoms with Crippen molar-refractivity contribution >= 4 is 35.0 Å². The van der Waals surface area contributed by atoms with Gasteiger partial charge in [-0.2, -0.15) is 0 Å². The highest BCUT2D eigenvalue weighted by molar-refractivity contribution is 6.35. The Morgan fingerprint density at radius 3 is 2.29 bits per heavy atom. The van der Waals surface area contributed by atoms with Gasteiger partial charge in [0.25, 0.3) is 5.91 Å². The number of nitrogens with zero attached hydrogens (tertiary/aromatic N) is 1. The van der Waals surface area contributed by atoms with Crippen LogP contribution >= 0.6 is 23.2 Å². The van der Waals surface area contributed by atoms with Gasteiger partial charge in [-0.3, -0.25) is 9.59 Å². The maximum atomic E-state index is 13.5. The van der Waals surface area contributed by atoms with Crippen molar-refractivity contribution < 1.29 is 18.7 Å². The molecule has 0 aliphatic carbocycles. The lowest BCUT2D eigenvalue weighted by Crippen LogP contribution is -2.52. The predicted octanol–water partition coefficient (Wildman–Crippen LogP) is 5.68. The number of hydrogen-bond acceptors (Lipinski definition) is 3. The second-order valence-electron chi connectivity index (χ2n) is 8.38. The van der Waals surface area contributed by atoms with Gasteiger partial charge in [0.15, 0.2) is 6.61 Å². The highest BCUT2D eigenvalue weighted by atomic mass is 35.5. The van der Waals surface area contributed by atoms with Crippen molar-refractivity contribution in [2.75, 3.05) is 6.61 Å². The molecule has 35 heavy (non-hydrogen) atoms. The molecule has 0 spiro atoms. The Bertz CT molecular complexity index is 1140. The third kappa shape index (κ3) is 7.98. The van der Waals surface area contributed by atoms with Crippen molar-refractivity contribution in [3.63, 3.8) is 0 Å². The van der Waals surface area contributed by atoms with E-state index in [1.165, 1.54) is 23.1 Å². The fourth-order valence-corrected chi connectivity index (χ4v) is 4.00. The second kappa shape index (κ2) is 12.6. The Labute approximate surface area is 214 Å². The summed E-state index contributed by atoms with van der Waals surface area (Å²) in [6.07, 6.45) is 0.300. The second-order valence-corrected chi connectivity index (χ2v) is 9.22. The average Bonchev–Trinajstić information content (AvgIpc) is 2.82. The van der Waals surface area contributed by atoms with Crippen LogP contribution in [0.1, 0.15) is 25.0 Å². The van der Waals surface area contributed by atoms with E-state index in [-0.39, 0.29) is 35.9 Å². The summed E-state index contributed by atoms with van der Waals surface area (Å²) in [5, 5.41) is 3.63. The number of carbonyl (C=O) groups is 2. The first kappa shape index (κ1) is 26.5. The van der Waals surface area contributed by atoms with E-state index in [1.54, 1.807) is 24.3 Å². The van der Waals surface area contributed by atoms with Gasteiger partial charge >= 0.3 is 0 Å². The predicted molar refractivity (Wildman–Crippen MR) is 136 cm³/mol. The zero-order valence-electron chi connectivity index (χ0n) is 19.5. The van der Waals surface area contributed by atoms with Gasteiger partial charge in [0.2, 0.25) is 5.91 Å². The van der Waals surface area contributed by atoms with Gasteiger partial charge in [0.05, 0.1) is 5.02 Å². The van der Waals surface area contributed by atoms with Gasteiger partial charge in [-0.05, 0) is 55.3 Å². The molecule has 0 bridgehead atoms. The van der Waals surface area contributed by atoms with Crippen LogP contribution in [-0.2, 0) is 22.6 Å². The van der Waals surface area contributed by atoms with Crippen LogP contribution in [0.4, 0.5) is 4.39 Å². The van der Waals surface area contributed by atoms with E-state index in [1.807, 2.05) is 44.2 Å². The summed E-state index contributed by atoms with van der Waals surface area (Å²) in [4.78, 5) is 28.2. The first-order chi connectivity index (χ1) is 16.7. The molecule has 2 amide bonds. The molecule has 0 saturated carbocycles. The molecular formula is C27H27Cl2FN2O3. The number of nitrogens with one attached hydrogen (secondary N) is 1. The molecule has 0 aliphatic heterocycles. The number of carbonyl (C=O) groups excluding carboxylic acids is 2. The average molecular weight is 517 g/mol. The van der Waals surface area contributed by atoms with Crippen LogP contribution in [0, 0.1) is 5.82 Å². The van der Waals surface area contributed by atoms with Crippen LogP contribution in [-0.4, -0.2) is 35.4 Å². The van der Waals surface area contributed by atoms with Gasteiger partial charge in [-0.1, -0.05) is 65.7 Å². The minimum Gasteiger partial charge on any atom is -0.482 e. The minimum absolute atomic E-state index is 0.0971. The highest BCUT2D eigenvalue weighted by Crippen LogP contribution is 2.27. The molecule has 0 radical (unpaired) electrons. The Morgan fingerprint density at radius 2 is 1.66 bits per heavy atom. The van der Waals surface area contributed by atoms with Crippen LogP contribution in [0.3, 0.4) is 0 Å². The fraction of sp³-hybridized carbons (Fsp3) is 0.259. The molecule has 3 rings (SSSR count). The summed E-state index contributed by atoms with van der Waals surface area (Å²) in [6, 6.07) is 19.0. The van der Waals surface area contributed by atoms with E-state index in [2.05, 4.69) is 5.32 Å². The Kier molecular flexibility index (Phi) is 9.52. The van der Waals surface area contributed by atoms with Crippen LogP contribution < -0.4 is 10.1 Å². The lowest BCUT2D eigenvalue weighted by atomic mass is 10.0. The quantitative estimate of drug-likeness (QED) is 0.377. The SMILES string of the molecule is CC(C)NC(=O)[C@@H](Cc1ccccc1)N(Cc1ccc(F)cc1)C(=O)COc1ccc(Cl)cc1Cl. The van der Waals surface area contributed by atoms with Gasteiger partial charge in [0.1, 0.15) is 17.6 Å². The maximum Gasteiger partial charge on any atom is 0.261 e. The van der Waals surface area contributed by atoms with Gasteiger partial charge < -0.3 is 15.0 Å². The summed E-state index contributed by atoms with van der Waals surface area (Å²) < 4.78 is 19.2. The van der Waals surface area contributed by atoms with E-state index in [4.69, 9.17) is 27.9 Å². The molecule has 0 unspecified atom stereocenters. The van der Waals surface area contributed by atoms with Crippen LogP contribution in [0.2, 0.25) is 10.0 Å². The summed E-state index contributed by atoms with van der Waals surface area (Å²) in [5.41, 5.74) is 1.58. The third-order valence-electron chi connectivity index (χ3n) is 5.21. The maximum absolute atomic E-state index is 13.5. The lowest BCUT2D eigenvalue weighted by molar-refractivity contribution is -0.143. The molecule has 8 heteroatoms. The molecule has 1 atom stereocenters. The molecule has 0 aromatic heterocycles. The minimum atomic E-state index is -0.818. The standard InChI is InChI=1S/C27H27Cl2FN2O3/c1-18(2)31-27(34)24(14-19-6-4-3-5-7-19)32(16-20-8-11-22(30)12-9-20)26(33)17-35-25-13-10-21(28)15-23(25)29/h3-13,15,18,24H,14,16-17H2,1-2H3,(H,31,34)/t24-/m1/s1. The zero-order valence-corrected chi connectivity index (χ0v) is 21.0. The monoisotopic (exact) mass is 516 g/mol. The third-order valence-corrected chi connectivity index (χ3v) is 5.74. The molecular weight excluding hydrogens is 490 g/mol. The van der Waals surface area contributed by atoms with E-state index in [0.29, 0.717) is 22.8 Å². The molecule has 0 heterocycles. The summed E-state index contributed by atoms with van der Waals surface area (Å²) >= 11 is 12.1. The number of ether oxygens (including phenoxy) is 1. The summed E-state index contributed by atoms with van der Waals surface area (Å²) in [5.74, 6) is -0.785. The zero-order chi connectivity index (χ0) is 25.4. The Hall–Kier alpha value is -3.09. The van der Waals surface area contributed by atoms with Crippen molar-refractivity contribution in [3.8, 4) is 5.75 Å². The van der Waals surface area contributed by atoms with E-state index in [0.717, 1.165) is 5.56 Å². The number of amides is 2. The van der Waals surface area contributed by atoms with Crippen molar-refractivity contribution in [1.82, 2.24) is 10.2 Å². The number of halogens is 3. The summed E-state index contributed by atoms with van der Waals surface area (Å²) in [6.45, 7) is 3.47. The van der Waals surface area contributed by atoms with E-state index >= 15 is 0 Å². The molecule has 184 valence electrons. The lowest BCUT2D eigenvalue weighted by Gasteiger charge is -2.32. The Morgan fingerprint density at radius 1 is 0.971 bits per heavy atom. The molecule has 5 nitrogen and oxygen atoms in total. The topological polar surface area (TPSA) is 58.6 Å². The summed E-state index contributed by atoms with van der Waals surface area (Å²) in [7, 11) is 0. The number of benzene rings is 3. The fourth-order valence-electron chi connectivity index (χ4n) is 3.54. The number of rotatable bonds is 10. The van der Waals surface area contributed by atoms with Crippen molar-refractivity contribution in [2.45, 2.75) is 38.9 Å². The van der Waals surface area contributed by atoms with Crippen molar-refractivity contribution in [2.24, 2.45) is 0 Å². The van der Waals surface area contributed by atoms with Crippen LogP contribution in [0.25, 0.3) is 0 Å². The molecule has 3 aromatic carbocycles. The van der Waals surface area contributed by atoms with Gasteiger partial charge in [-0.25, -0.2) is 4.39 Å². The van der Waals surface area contributed by atoms with Gasteiger partial charge in [-0.15, -0.1) is 0 Å². The largest absolute Gasteiger partial charge is 0.482 e. The number of hydrogen-bond donors (Lipinski definition) is 1.